The largest absolute Gasteiger partial charge is 0.330 e. The second-order valence-corrected chi connectivity index (χ2v) is 2.45. The van der Waals surface area contributed by atoms with Gasteiger partial charge in [0.25, 0.3) is 0 Å². The van der Waals surface area contributed by atoms with Crippen LogP contribution < -0.4 is 11.5 Å². The average Bonchev–Trinajstić information content (AvgIpc) is 1.89. The second-order valence-electron chi connectivity index (χ2n) is 2.45. The van der Waals surface area contributed by atoms with Crippen molar-refractivity contribution in [1.29, 1.82) is 0 Å². The molecule has 0 heterocycles. The first-order valence-corrected chi connectivity index (χ1v) is 3.77. The minimum Gasteiger partial charge on any atom is -0.330 e. The van der Waals surface area contributed by atoms with Crippen LogP contribution in [0.4, 0.5) is 0 Å². The highest BCUT2D eigenvalue weighted by Gasteiger charge is 1.96. The van der Waals surface area contributed by atoms with Crippen LogP contribution in [-0.2, 0) is 0 Å². The molecule has 0 bridgehead atoms. The first kappa shape index (κ1) is 8.92. The molecule has 56 valence electrons. The lowest BCUT2D eigenvalue weighted by Crippen LogP contribution is -2.18. The van der Waals surface area contributed by atoms with Gasteiger partial charge in [-0.05, 0) is 25.8 Å². The minimum absolute atomic E-state index is 0.400. The van der Waals surface area contributed by atoms with E-state index in [2.05, 4.69) is 6.92 Å². The van der Waals surface area contributed by atoms with Crippen LogP contribution in [0.3, 0.4) is 0 Å². The summed E-state index contributed by atoms with van der Waals surface area (Å²) < 4.78 is 0. The molecule has 0 spiro atoms. The molecule has 0 aromatic heterocycles. The molecule has 0 saturated heterocycles. The van der Waals surface area contributed by atoms with Crippen molar-refractivity contribution in [2.24, 2.45) is 11.5 Å². The summed E-state index contributed by atoms with van der Waals surface area (Å²) in [6.07, 6.45) is 4.53. The average molecular weight is 130 g/mol. The molecular formula is C7H18N2. The van der Waals surface area contributed by atoms with Crippen molar-refractivity contribution in [1.82, 2.24) is 0 Å². The van der Waals surface area contributed by atoms with Gasteiger partial charge in [-0.2, -0.15) is 0 Å². The molecule has 1 atom stereocenters. The summed E-state index contributed by atoms with van der Waals surface area (Å²) >= 11 is 0. The summed E-state index contributed by atoms with van der Waals surface area (Å²) in [5.41, 5.74) is 11.0. The summed E-state index contributed by atoms with van der Waals surface area (Å²) in [4.78, 5) is 0. The number of rotatable bonds is 5. The number of nitrogens with two attached hydrogens (primary N) is 2. The zero-order chi connectivity index (χ0) is 7.11. The standard InChI is InChI=1S/C7H18N2/c1-2-7(9)5-3-4-6-8/h7H,2-6,8-9H2,1H3/t7-/m0/s1. The van der Waals surface area contributed by atoms with Crippen LogP contribution in [0.5, 0.6) is 0 Å². The van der Waals surface area contributed by atoms with E-state index in [4.69, 9.17) is 11.5 Å². The maximum Gasteiger partial charge on any atom is 0.00362 e. The van der Waals surface area contributed by atoms with Crippen molar-refractivity contribution in [3.05, 3.63) is 0 Å². The SMILES string of the molecule is CC[C@H](N)CCCCN. The van der Waals surface area contributed by atoms with Crippen LogP contribution in [0.1, 0.15) is 32.6 Å². The Hall–Kier alpha value is -0.0800. The highest BCUT2D eigenvalue weighted by Crippen LogP contribution is 1.99. The fourth-order valence-corrected chi connectivity index (χ4v) is 0.755. The fourth-order valence-electron chi connectivity index (χ4n) is 0.755. The van der Waals surface area contributed by atoms with Gasteiger partial charge in [0.15, 0.2) is 0 Å². The maximum absolute atomic E-state index is 5.67. The Kier molecular flexibility index (Phi) is 5.99. The third kappa shape index (κ3) is 5.80. The van der Waals surface area contributed by atoms with Crippen LogP contribution in [-0.4, -0.2) is 12.6 Å². The van der Waals surface area contributed by atoms with Gasteiger partial charge < -0.3 is 11.5 Å². The molecule has 0 fully saturated rings. The number of hydrogen-bond donors (Lipinski definition) is 2. The van der Waals surface area contributed by atoms with Crippen molar-refractivity contribution in [3.8, 4) is 0 Å². The van der Waals surface area contributed by atoms with E-state index >= 15 is 0 Å². The van der Waals surface area contributed by atoms with Gasteiger partial charge in [-0.1, -0.05) is 13.3 Å². The molecule has 0 aromatic rings. The van der Waals surface area contributed by atoms with Crippen LogP contribution in [0.25, 0.3) is 0 Å². The lowest BCUT2D eigenvalue weighted by molar-refractivity contribution is 0.554. The molecule has 2 nitrogen and oxygen atoms in total. The molecule has 0 rings (SSSR count). The maximum atomic E-state index is 5.67. The number of hydrogen-bond acceptors (Lipinski definition) is 2. The van der Waals surface area contributed by atoms with Crippen molar-refractivity contribution in [3.63, 3.8) is 0 Å². The highest BCUT2D eigenvalue weighted by atomic mass is 14.6. The normalized spacial score (nSPS) is 13.7. The van der Waals surface area contributed by atoms with Crippen LogP contribution >= 0.6 is 0 Å². The molecule has 0 radical (unpaired) electrons. The Bertz CT molecular complexity index is 54.9. The van der Waals surface area contributed by atoms with E-state index in [1.54, 1.807) is 0 Å². The predicted molar refractivity (Wildman–Crippen MR) is 41.2 cm³/mol. The van der Waals surface area contributed by atoms with Gasteiger partial charge in [-0.15, -0.1) is 0 Å². The Morgan fingerprint density at radius 2 is 2.00 bits per heavy atom. The molecule has 4 N–H and O–H groups in total. The van der Waals surface area contributed by atoms with Crippen molar-refractivity contribution in [2.75, 3.05) is 6.54 Å². The molecule has 0 aliphatic rings. The zero-order valence-corrected chi connectivity index (χ0v) is 6.27. The first-order chi connectivity index (χ1) is 4.31. The van der Waals surface area contributed by atoms with Crippen molar-refractivity contribution >= 4 is 0 Å². The highest BCUT2D eigenvalue weighted by molar-refractivity contribution is 4.57. The van der Waals surface area contributed by atoms with E-state index in [0.717, 1.165) is 25.8 Å². The summed E-state index contributed by atoms with van der Waals surface area (Å²) in [6.45, 7) is 2.92. The third-order valence-electron chi connectivity index (χ3n) is 1.55. The van der Waals surface area contributed by atoms with Gasteiger partial charge in [0, 0.05) is 6.04 Å². The second kappa shape index (κ2) is 6.05. The summed E-state index contributed by atoms with van der Waals surface area (Å²) in [7, 11) is 0. The predicted octanol–water partition coefficient (Wildman–Crippen LogP) is 0.853. The van der Waals surface area contributed by atoms with E-state index in [-0.39, 0.29) is 0 Å². The molecule has 0 aromatic carbocycles. The Morgan fingerprint density at radius 1 is 1.33 bits per heavy atom. The molecule has 0 aliphatic carbocycles. The van der Waals surface area contributed by atoms with Gasteiger partial charge in [0.2, 0.25) is 0 Å². The van der Waals surface area contributed by atoms with Gasteiger partial charge in [0.1, 0.15) is 0 Å². The van der Waals surface area contributed by atoms with Gasteiger partial charge in [0.05, 0.1) is 0 Å². The quantitative estimate of drug-likeness (QED) is 0.542. The topological polar surface area (TPSA) is 52.0 Å². The van der Waals surface area contributed by atoms with Gasteiger partial charge in [-0.3, -0.25) is 0 Å². The fraction of sp³-hybridized carbons (Fsp3) is 1.00. The Labute approximate surface area is 57.6 Å². The van der Waals surface area contributed by atoms with Crippen LogP contribution in [0.2, 0.25) is 0 Å². The first-order valence-electron chi connectivity index (χ1n) is 3.77. The van der Waals surface area contributed by atoms with E-state index < -0.39 is 0 Å². The Balaban J connectivity index is 2.88. The molecule has 0 aliphatic heterocycles. The van der Waals surface area contributed by atoms with Gasteiger partial charge >= 0.3 is 0 Å². The van der Waals surface area contributed by atoms with E-state index in [9.17, 15) is 0 Å². The van der Waals surface area contributed by atoms with Crippen molar-refractivity contribution < 1.29 is 0 Å². The minimum atomic E-state index is 0.400. The molecule has 0 unspecified atom stereocenters. The molecule has 0 amide bonds. The van der Waals surface area contributed by atoms with E-state index in [1.165, 1.54) is 6.42 Å². The molecular weight excluding hydrogens is 112 g/mol. The van der Waals surface area contributed by atoms with Crippen molar-refractivity contribution in [2.45, 2.75) is 38.6 Å². The van der Waals surface area contributed by atoms with Crippen LogP contribution in [0, 0.1) is 0 Å². The summed E-state index contributed by atoms with van der Waals surface area (Å²) in [6, 6.07) is 0.400. The molecule has 2 heteroatoms. The van der Waals surface area contributed by atoms with E-state index in [1.807, 2.05) is 0 Å². The Morgan fingerprint density at radius 3 is 2.44 bits per heavy atom. The zero-order valence-electron chi connectivity index (χ0n) is 6.27. The lowest BCUT2D eigenvalue weighted by atomic mass is 10.1. The van der Waals surface area contributed by atoms with E-state index in [0.29, 0.717) is 6.04 Å². The number of unbranched alkanes of at least 4 members (excludes halogenated alkanes) is 1. The third-order valence-corrected chi connectivity index (χ3v) is 1.55. The van der Waals surface area contributed by atoms with Crippen LogP contribution in [0.15, 0.2) is 0 Å². The molecule has 9 heavy (non-hydrogen) atoms. The summed E-state index contributed by atoms with van der Waals surface area (Å²) in [5, 5.41) is 0. The van der Waals surface area contributed by atoms with Gasteiger partial charge in [-0.25, -0.2) is 0 Å². The monoisotopic (exact) mass is 130 g/mol. The summed E-state index contributed by atoms with van der Waals surface area (Å²) in [5.74, 6) is 0. The molecule has 0 saturated carbocycles. The smallest absolute Gasteiger partial charge is 0.00362 e. The lowest BCUT2D eigenvalue weighted by Gasteiger charge is -2.05.